The molecule has 0 spiro atoms. The second-order valence-corrected chi connectivity index (χ2v) is 5.59. The smallest absolute Gasteiger partial charge is 0.242 e. The van der Waals surface area contributed by atoms with E-state index in [-0.39, 0.29) is 0 Å². The van der Waals surface area contributed by atoms with Crippen molar-refractivity contribution in [2.75, 3.05) is 19.1 Å². The van der Waals surface area contributed by atoms with Crippen LogP contribution in [0.1, 0.15) is 19.3 Å². The van der Waals surface area contributed by atoms with Gasteiger partial charge in [0.1, 0.15) is 11.8 Å². The Morgan fingerprint density at radius 2 is 2.21 bits per heavy atom. The lowest BCUT2D eigenvalue weighted by atomic mass is 10.2. The number of hydrogen-bond donors (Lipinski definition) is 1. The van der Waals surface area contributed by atoms with E-state index in [0.717, 1.165) is 24.1 Å². The van der Waals surface area contributed by atoms with Crippen molar-refractivity contribution < 1.29 is 4.74 Å². The molecule has 0 aliphatic rings. The van der Waals surface area contributed by atoms with E-state index >= 15 is 0 Å². The number of aromatic nitrogens is 4. The van der Waals surface area contributed by atoms with Crippen molar-refractivity contribution in [3.8, 4) is 5.88 Å². The molecular formula is C12H18N4OS2. The predicted octanol–water partition coefficient (Wildman–Crippen LogP) is 3.03. The van der Waals surface area contributed by atoms with E-state index < -0.39 is 0 Å². The molecule has 0 saturated carbocycles. The Labute approximate surface area is 121 Å². The van der Waals surface area contributed by atoms with E-state index in [2.05, 4.69) is 21.2 Å². The fraction of sp³-hybridized carbons (Fsp3) is 0.583. The zero-order valence-corrected chi connectivity index (χ0v) is 12.8. The lowest BCUT2D eigenvalue weighted by Crippen LogP contribution is -2.00. The molecule has 0 fully saturated rings. The monoisotopic (exact) mass is 298 g/mol. The van der Waals surface area contributed by atoms with Gasteiger partial charge in [-0.3, -0.25) is 0 Å². The maximum absolute atomic E-state index is 5.34. The van der Waals surface area contributed by atoms with E-state index in [1.807, 2.05) is 16.3 Å². The topological polar surface area (TPSA) is 55.7 Å². The van der Waals surface area contributed by atoms with Crippen molar-refractivity contribution in [2.45, 2.75) is 25.8 Å². The lowest BCUT2D eigenvalue weighted by Gasteiger charge is -2.04. The Morgan fingerprint density at radius 3 is 2.95 bits per heavy atom. The maximum atomic E-state index is 5.34. The first-order valence-corrected chi connectivity index (χ1v) is 8.04. The van der Waals surface area contributed by atoms with Gasteiger partial charge in [0.25, 0.3) is 0 Å². The first kappa shape index (κ1) is 14.3. The van der Waals surface area contributed by atoms with Crippen LogP contribution >= 0.6 is 24.0 Å². The standard InChI is InChI=1S/C12H18N4OS2/c1-17-11-9-10(13-8-14-11)16(12(18)15-9)6-4-3-5-7-19-2/h8H,3-7H2,1-2H3,(H,15,18). The highest BCUT2D eigenvalue weighted by Gasteiger charge is 2.10. The van der Waals surface area contributed by atoms with Gasteiger partial charge in [0.15, 0.2) is 10.4 Å². The van der Waals surface area contributed by atoms with Gasteiger partial charge in [-0.1, -0.05) is 6.42 Å². The van der Waals surface area contributed by atoms with Crippen LogP contribution in [-0.2, 0) is 6.54 Å². The molecule has 0 aromatic carbocycles. The van der Waals surface area contributed by atoms with E-state index in [1.165, 1.54) is 24.9 Å². The second-order valence-electron chi connectivity index (χ2n) is 4.22. The number of imidazole rings is 1. The predicted molar refractivity (Wildman–Crippen MR) is 81.5 cm³/mol. The Balaban J connectivity index is 2.14. The number of rotatable bonds is 7. The van der Waals surface area contributed by atoms with Crippen LogP contribution in [0, 0.1) is 4.77 Å². The second kappa shape index (κ2) is 6.91. The summed E-state index contributed by atoms with van der Waals surface area (Å²) in [4.78, 5) is 11.5. The molecular weight excluding hydrogens is 280 g/mol. The normalized spacial score (nSPS) is 11.1. The van der Waals surface area contributed by atoms with Gasteiger partial charge in [-0.25, -0.2) is 4.98 Å². The third kappa shape index (κ3) is 3.27. The molecule has 2 heterocycles. The highest BCUT2D eigenvalue weighted by atomic mass is 32.2. The largest absolute Gasteiger partial charge is 0.479 e. The SMILES string of the molecule is COc1ncnc2c1[nH]c(=S)n2CCCCCSC. The van der Waals surface area contributed by atoms with Gasteiger partial charge in [0.2, 0.25) is 5.88 Å². The van der Waals surface area contributed by atoms with E-state index in [9.17, 15) is 0 Å². The van der Waals surface area contributed by atoms with Crippen LogP contribution in [0.4, 0.5) is 0 Å². The molecule has 0 radical (unpaired) electrons. The maximum Gasteiger partial charge on any atom is 0.242 e. The zero-order valence-electron chi connectivity index (χ0n) is 11.2. The zero-order chi connectivity index (χ0) is 13.7. The summed E-state index contributed by atoms with van der Waals surface area (Å²) in [5, 5.41) is 0. The summed E-state index contributed by atoms with van der Waals surface area (Å²) >= 11 is 7.23. The molecule has 2 rings (SSSR count). The minimum Gasteiger partial charge on any atom is -0.479 e. The molecule has 2 aromatic rings. The number of unbranched alkanes of at least 4 members (excludes halogenated alkanes) is 2. The number of aromatic amines is 1. The highest BCUT2D eigenvalue weighted by molar-refractivity contribution is 7.98. The van der Waals surface area contributed by atoms with Crippen LogP contribution < -0.4 is 4.74 Å². The first-order chi connectivity index (χ1) is 9.27. The third-order valence-electron chi connectivity index (χ3n) is 2.95. The van der Waals surface area contributed by atoms with Crippen molar-refractivity contribution in [1.82, 2.24) is 19.5 Å². The molecule has 0 amide bonds. The summed E-state index contributed by atoms with van der Waals surface area (Å²) in [6.45, 7) is 0.882. The molecule has 19 heavy (non-hydrogen) atoms. The van der Waals surface area contributed by atoms with Gasteiger partial charge in [0, 0.05) is 6.54 Å². The van der Waals surface area contributed by atoms with Gasteiger partial charge < -0.3 is 14.3 Å². The molecule has 2 aromatic heterocycles. The van der Waals surface area contributed by atoms with Crippen molar-refractivity contribution in [3.63, 3.8) is 0 Å². The summed E-state index contributed by atoms with van der Waals surface area (Å²) in [5.41, 5.74) is 1.60. The number of methoxy groups -OCH3 is 1. The summed E-state index contributed by atoms with van der Waals surface area (Å²) in [6, 6.07) is 0. The van der Waals surface area contributed by atoms with Gasteiger partial charge >= 0.3 is 0 Å². The van der Waals surface area contributed by atoms with E-state index in [4.69, 9.17) is 17.0 Å². The molecule has 5 nitrogen and oxygen atoms in total. The van der Waals surface area contributed by atoms with Crippen LogP contribution in [0.2, 0.25) is 0 Å². The molecule has 0 atom stereocenters. The average molecular weight is 298 g/mol. The van der Waals surface area contributed by atoms with Crippen molar-refractivity contribution >= 4 is 35.1 Å². The summed E-state index contributed by atoms with van der Waals surface area (Å²) in [6.07, 6.45) is 7.20. The van der Waals surface area contributed by atoms with Crippen LogP contribution in [0.15, 0.2) is 6.33 Å². The Morgan fingerprint density at radius 1 is 1.37 bits per heavy atom. The van der Waals surface area contributed by atoms with Crippen LogP contribution in [0.3, 0.4) is 0 Å². The van der Waals surface area contributed by atoms with Crippen molar-refractivity contribution in [2.24, 2.45) is 0 Å². The third-order valence-corrected chi connectivity index (χ3v) is 3.97. The van der Waals surface area contributed by atoms with Crippen molar-refractivity contribution in [3.05, 3.63) is 11.1 Å². The number of hydrogen-bond acceptors (Lipinski definition) is 5. The minimum absolute atomic E-state index is 0.539. The average Bonchev–Trinajstić information content (AvgIpc) is 2.74. The Kier molecular flexibility index (Phi) is 5.21. The van der Waals surface area contributed by atoms with Gasteiger partial charge in [-0.2, -0.15) is 16.7 Å². The van der Waals surface area contributed by atoms with Crippen LogP contribution in [0.25, 0.3) is 11.2 Å². The first-order valence-electron chi connectivity index (χ1n) is 6.24. The number of fused-ring (bicyclic) bond motifs is 1. The Hall–Kier alpha value is -1.08. The van der Waals surface area contributed by atoms with Gasteiger partial charge in [-0.15, -0.1) is 0 Å². The number of nitrogens with one attached hydrogen (secondary N) is 1. The fourth-order valence-corrected chi connectivity index (χ4v) is 2.77. The molecule has 7 heteroatoms. The lowest BCUT2D eigenvalue weighted by molar-refractivity contribution is 0.401. The molecule has 0 saturated heterocycles. The fourth-order valence-electron chi connectivity index (χ4n) is 2.00. The number of thioether (sulfide) groups is 1. The molecule has 1 N–H and O–H groups in total. The molecule has 0 bridgehead atoms. The van der Waals surface area contributed by atoms with Crippen LogP contribution in [-0.4, -0.2) is 38.6 Å². The van der Waals surface area contributed by atoms with E-state index in [0.29, 0.717) is 10.7 Å². The molecule has 0 aliphatic carbocycles. The molecule has 0 aliphatic heterocycles. The summed E-state index contributed by atoms with van der Waals surface area (Å²) < 4.78 is 7.91. The number of aryl methyl sites for hydroxylation is 1. The van der Waals surface area contributed by atoms with Crippen molar-refractivity contribution in [1.29, 1.82) is 0 Å². The number of H-pyrrole nitrogens is 1. The van der Waals surface area contributed by atoms with Gasteiger partial charge in [-0.05, 0) is 37.1 Å². The molecule has 0 unspecified atom stereocenters. The highest BCUT2D eigenvalue weighted by Crippen LogP contribution is 2.20. The quantitative estimate of drug-likeness (QED) is 0.629. The number of ether oxygens (including phenoxy) is 1. The Bertz CT molecular complexity index is 593. The minimum atomic E-state index is 0.539. The summed E-state index contributed by atoms with van der Waals surface area (Å²) in [7, 11) is 1.60. The van der Waals surface area contributed by atoms with E-state index in [1.54, 1.807) is 7.11 Å². The molecule has 104 valence electrons. The van der Waals surface area contributed by atoms with Gasteiger partial charge in [0.05, 0.1) is 7.11 Å². The summed E-state index contributed by atoms with van der Waals surface area (Å²) in [5.74, 6) is 1.76. The van der Waals surface area contributed by atoms with Crippen LogP contribution in [0.5, 0.6) is 5.88 Å². The number of nitrogens with zero attached hydrogens (tertiary/aromatic N) is 3.